The predicted molar refractivity (Wildman–Crippen MR) is 120 cm³/mol. The highest BCUT2D eigenvalue weighted by atomic mass is 32.1. The van der Waals surface area contributed by atoms with E-state index < -0.39 is 17.8 Å². The fourth-order valence-corrected chi connectivity index (χ4v) is 4.79. The van der Waals surface area contributed by atoms with Gasteiger partial charge in [0.15, 0.2) is 0 Å². The van der Waals surface area contributed by atoms with E-state index in [9.17, 15) is 19.5 Å². The summed E-state index contributed by atoms with van der Waals surface area (Å²) >= 11 is 1.29. The molecule has 2 amide bonds. The average Bonchev–Trinajstić information content (AvgIpc) is 3.11. The van der Waals surface area contributed by atoms with Crippen LogP contribution in [0.15, 0.2) is 23.3 Å². The van der Waals surface area contributed by atoms with E-state index in [4.69, 9.17) is 9.47 Å². The molecule has 0 saturated carbocycles. The Labute approximate surface area is 189 Å². The molecule has 3 N–H and O–H groups in total. The number of carbonyl (C=O) groups excluding carboxylic acids is 3. The molecular weight excluding hydrogens is 434 g/mol. The van der Waals surface area contributed by atoms with Crippen LogP contribution in [0.3, 0.4) is 0 Å². The molecule has 10 heteroatoms. The first-order chi connectivity index (χ1) is 15.3. The molecule has 1 atom stereocenters. The molecule has 2 aromatic rings. The van der Waals surface area contributed by atoms with E-state index in [1.807, 2.05) is 0 Å². The number of phenols is 1. The average molecular weight is 460 g/mol. The number of hydrogen-bond acceptors (Lipinski definition) is 8. The number of phenolic OH excluding ortho intramolecular Hbond substituents is 1. The van der Waals surface area contributed by atoms with E-state index in [0.29, 0.717) is 27.8 Å². The van der Waals surface area contributed by atoms with Crippen LogP contribution < -0.4 is 15.5 Å². The lowest BCUT2D eigenvalue weighted by atomic mass is 9.88. The molecule has 3 rings (SSSR count). The third kappa shape index (κ3) is 5.25. The van der Waals surface area contributed by atoms with E-state index >= 15 is 0 Å². The van der Waals surface area contributed by atoms with Crippen molar-refractivity contribution in [3.8, 4) is 11.5 Å². The summed E-state index contributed by atoms with van der Waals surface area (Å²) in [7, 11) is 1.48. The van der Waals surface area contributed by atoms with Crippen molar-refractivity contribution in [1.82, 2.24) is 5.43 Å². The van der Waals surface area contributed by atoms with Crippen molar-refractivity contribution in [3.05, 3.63) is 39.8 Å². The standard InChI is InChI=1S/C22H25N3O6S/c1-4-31-22(29)18-15-7-5-12(2)9-17(15)32-21(18)24-19(27)20(28)25-23-11-13-10-14(30-3)6-8-16(13)26/h6,8,10-12,26H,4-5,7,9H2,1-3H3,(H,24,27)(H,25,28)/b23-11+. The molecule has 0 saturated heterocycles. The van der Waals surface area contributed by atoms with Gasteiger partial charge >= 0.3 is 17.8 Å². The number of anilines is 1. The number of hydrogen-bond donors (Lipinski definition) is 3. The number of thiophene rings is 1. The number of carbonyl (C=O) groups is 3. The SMILES string of the molecule is CCOC(=O)c1c(NC(=O)C(=O)N/N=C/c2cc(OC)ccc2O)sc2c1CCC(C)C2. The van der Waals surface area contributed by atoms with Gasteiger partial charge in [-0.05, 0) is 55.9 Å². The van der Waals surface area contributed by atoms with E-state index in [1.165, 1.54) is 36.8 Å². The molecule has 170 valence electrons. The zero-order chi connectivity index (χ0) is 23.3. The number of fused-ring (bicyclic) bond motifs is 1. The fraction of sp³-hybridized carbons (Fsp3) is 0.364. The zero-order valence-corrected chi connectivity index (χ0v) is 18.9. The number of rotatable bonds is 6. The highest BCUT2D eigenvalue weighted by Gasteiger charge is 2.30. The van der Waals surface area contributed by atoms with Crippen molar-refractivity contribution in [2.45, 2.75) is 33.1 Å². The van der Waals surface area contributed by atoms with Crippen molar-refractivity contribution in [2.24, 2.45) is 11.0 Å². The minimum atomic E-state index is -1.02. The van der Waals surface area contributed by atoms with Gasteiger partial charge in [-0.25, -0.2) is 10.2 Å². The maximum Gasteiger partial charge on any atom is 0.341 e. The summed E-state index contributed by atoms with van der Waals surface area (Å²) in [4.78, 5) is 38.2. The Bertz CT molecular complexity index is 1060. The van der Waals surface area contributed by atoms with Gasteiger partial charge < -0.3 is 19.9 Å². The van der Waals surface area contributed by atoms with Gasteiger partial charge in [-0.1, -0.05) is 6.92 Å². The van der Waals surface area contributed by atoms with Gasteiger partial charge in [0.1, 0.15) is 16.5 Å². The lowest BCUT2D eigenvalue weighted by Gasteiger charge is -2.18. The summed E-state index contributed by atoms with van der Waals surface area (Å²) in [6.07, 6.45) is 3.66. The number of esters is 1. The molecule has 1 aromatic heterocycles. The second-order valence-corrected chi connectivity index (χ2v) is 8.46. The number of hydrazone groups is 1. The monoisotopic (exact) mass is 459 g/mol. The highest BCUT2D eigenvalue weighted by Crippen LogP contribution is 2.40. The van der Waals surface area contributed by atoms with Crippen molar-refractivity contribution < 1.29 is 29.0 Å². The van der Waals surface area contributed by atoms with Crippen molar-refractivity contribution >= 4 is 40.3 Å². The van der Waals surface area contributed by atoms with E-state index in [2.05, 4.69) is 22.8 Å². The predicted octanol–water partition coefficient (Wildman–Crippen LogP) is 2.85. The van der Waals surface area contributed by atoms with Crippen LogP contribution >= 0.6 is 11.3 Å². The summed E-state index contributed by atoms with van der Waals surface area (Å²) in [5, 5.41) is 16.4. The van der Waals surface area contributed by atoms with Crippen molar-refractivity contribution in [3.63, 3.8) is 0 Å². The van der Waals surface area contributed by atoms with Gasteiger partial charge in [0.05, 0.1) is 25.5 Å². The van der Waals surface area contributed by atoms with E-state index in [1.54, 1.807) is 13.0 Å². The number of ether oxygens (including phenoxy) is 2. The topological polar surface area (TPSA) is 126 Å². The Morgan fingerprint density at radius 2 is 2.09 bits per heavy atom. The maximum atomic E-state index is 12.5. The normalized spacial score (nSPS) is 15.2. The largest absolute Gasteiger partial charge is 0.507 e. The number of nitrogens with zero attached hydrogens (tertiary/aromatic N) is 1. The first-order valence-corrected chi connectivity index (χ1v) is 11.0. The first kappa shape index (κ1) is 23.3. The summed E-state index contributed by atoms with van der Waals surface area (Å²) in [6.45, 7) is 4.05. The zero-order valence-electron chi connectivity index (χ0n) is 18.1. The molecule has 1 aromatic carbocycles. The van der Waals surface area contributed by atoms with Gasteiger partial charge in [-0.3, -0.25) is 9.59 Å². The van der Waals surface area contributed by atoms with Gasteiger partial charge in [0, 0.05) is 10.4 Å². The fourth-order valence-electron chi connectivity index (χ4n) is 3.39. The molecule has 9 nitrogen and oxygen atoms in total. The molecule has 1 aliphatic carbocycles. The number of benzene rings is 1. The highest BCUT2D eigenvalue weighted by molar-refractivity contribution is 7.17. The second-order valence-electron chi connectivity index (χ2n) is 7.35. The van der Waals surface area contributed by atoms with Crippen LogP contribution in [-0.4, -0.2) is 42.8 Å². The molecule has 0 aliphatic heterocycles. The third-order valence-electron chi connectivity index (χ3n) is 5.03. The molecular formula is C22H25N3O6S. The first-order valence-electron chi connectivity index (χ1n) is 10.2. The van der Waals surface area contributed by atoms with Gasteiger partial charge in [0.25, 0.3) is 0 Å². The van der Waals surface area contributed by atoms with Crippen molar-refractivity contribution in [1.29, 1.82) is 0 Å². The Morgan fingerprint density at radius 1 is 1.31 bits per heavy atom. The Hall–Kier alpha value is -3.40. The van der Waals surface area contributed by atoms with Crippen LogP contribution in [0.5, 0.6) is 11.5 Å². The Balaban J connectivity index is 1.72. The molecule has 1 heterocycles. The Kier molecular flexibility index (Phi) is 7.47. The van der Waals surface area contributed by atoms with Crippen LogP contribution in [-0.2, 0) is 27.2 Å². The molecule has 32 heavy (non-hydrogen) atoms. The van der Waals surface area contributed by atoms with Gasteiger partial charge in [-0.15, -0.1) is 11.3 Å². The van der Waals surface area contributed by atoms with Crippen molar-refractivity contribution in [2.75, 3.05) is 19.0 Å². The minimum absolute atomic E-state index is 0.0641. The maximum absolute atomic E-state index is 12.5. The van der Waals surface area contributed by atoms with E-state index in [-0.39, 0.29) is 12.4 Å². The quantitative estimate of drug-likeness (QED) is 0.264. The van der Waals surface area contributed by atoms with Crippen LogP contribution in [0.1, 0.15) is 46.6 Å². The van der Waals surface area contributed by atoms with Crippen LogP contribution in [0.25, 0.3) is 0 Å². The van der Waals surface area contributed by atoms with E-state index in [0.717, 1.165) is 29.7 Å². The molecule has 1 aliphatic rings. The number of amides is 2. The summed E-state index contributed by atoms with van der Waals surface area (Å²) in [5.74, 6) is -1.58. The third-order valence-corrected chi connectivity index (χ3v) is 6.20. The summed E-state index contributed by atoms with van der Waals surface area (Å²) < 4.78 is 10.2. The number of nitrogens with one attached hydrogen (secondary N) is 2. The summed E-state index contributed by atoms with van der Waals surface area (Å²) in [5.41, 5.74) is 3.62. The molecule has 0 fully saturated rings. The minimum Gasteiger partial charge on any atom is -0.507 e. The van der Waals surface area contributed by atoms with Crippen LogP contribution in [0.2, 0.25) is 0 Å². The molecule has 0 radical (unpaired) electrons. The second kappa shape index (κ2) is 10.3. The van der Waals surface area contributed by atoms with Crippen LogP contribution in [0, 0.1) is 5.92 Å². The molecule has 0 bridgehead atoms. The smallest absolute Gasteiger partial charge is 0.341 e. The van der Waals surface area contributed by atoms with Gasteiger partial charge in [0.2, 0.25) is 0 Å². The Morgan fingerprint density at radius 3 is 2.81 bits per heavy atom. The number of aromatic hydroxyl groups is 1. The molecule has 0 spiro atoms. The molecule has 1 unspecified atom stereocenters. The van der Waals surface area contributed by atoms with Gasteiger partial charge in [-0.2, -0.15) is 5.10 Å². The van der Waals surface area contributed by atoms with Crippen LogP contribution in [0.4, 0.5) is 5.00 Å². The summed E-state index contributed by atoms with van der Waals surface area (Å²) in [6, 6.07) is 4.51. The number of methoxy groups -OCH3 is 1. The lowest BCUT2D eigenvalue weighted by Crippen LogP contribution is -2.32. The lowest BCUT2D eigenvalue weighted by molar-refractivity contribution is -0.136.